The molecular formula is C48H57FN10O6. The fourth-order valence-electron chi connectivity index (χ4n) is 10.9. The molecule has 0 saturated carbocycles. The maximum atomic E-state index is 15.4. The van der Waals surface area contributed by atoms with Crippen LogP contribution >= 0.6 is 0 Å². The van der Waals surface area contributed by atoms with Crippen molar-refractivity contribution in [3.8, 4) is 22.8 Å². The highest BCUT2D eigenvalue weighted by molar-refractivity contribution is 6.04. The lowest BCUT2D eigenvalue weighted by Gasteiger charge is -2.42. The number of nitrogens with zero attached hydrogens (tertiary/aromatic N) is 8. The number of likely N-dealkylation sites (tertiary alicyclic amines) is 1. The van der Waals surface area contributed by atoms with E-state index in [0.717, 1.165) is 50.3 Å². The molecule has 3 aromatic carbocycles. The van der Waals surface area contributed by atoms with Gasteiger partial charge in [0.1, 0.15) is 29.0 Å². The van der Waals surface area contributed by atoms with Gasteiger partial charge in [-0.3, -0.25) is 14.9 Å². The number of carbonyl (C=O) groups is 3. The maximum absolute atomic E-state index is 15.4. The van der Waals surface area contributed by atoms with Crippen LogP contribution in [0.3, 0.4) is 0 Å². The summed E-state index contributed by atoms with van der Waals surface area (Å²) in [7, 11) is 1.91. The molecule has 8 heterocycles. The second-order valence-corrected chi connectivity index (χ2v) is 18.6. The SMILES string of the molecule is CN(C(=O)N1CCC(Oc2cc(F)cc(N3CC4CN(c5cc(-c6ccccc6O)nnc5N)C[C@H]3CO4)c2)CC1)C1CCN(c2cccc3c2CCN3[C@@]2(C)CCC(=O)NC2=O)CC1. The Kier molecular flexibility index (Phi) is 11.3. The summed E-state index contributed by atoms with van der Waals surface area (Å²) in [5, 5.41) is 21.5. The molecule has 1 unspecified atom stereocenters. The predicted octanol–water partition coefficient (Wildman–Crippen LogP) is 4.79. The van der Waals surface area contributed by atoms with E-state index in [2.05, 4.69) is 53.3 Å². The highest BCUT2D eigenvalue weighted by Crippen LogP contribution is 2.42. The molecule has 7 aliphatic rings. The molecule has 6 fully saturated rings. The molecule has 6 saturated heterocycles. The molecule has 4 amide bonds. The van der Waals surface area contributed by atoms with Crippen LogP contribution in [0.25, 0.3) is 11.3 Å². The molecular weight excluding hydrogens is 832 g/mol. The van der Waals surface area contributed by atoms with E-state index in [-0.39, 0.29) is 59.5 Å². The largest absolute Gasteiger partial charge is 0.507 e. The van der Waals surface area contributed by atoms with E-state index in [0.29, 0.717) is 87.7 Å². The third kappa shape index (κ3) is 8.19. The Labute approximate surface area is 378 Å². The van der Waals surface area contributed by atoms with Gasteiger partial charge in [0, 0.05) is 125 Å². The van der Waals surface area contributed by atoms with Crippen molar-refractivity contribution in [2.75, 3.05) is 91.3 Å². The van der Waals surface area contributed by atoms with E-state index in [1.165, 1.54) is 17.3 Å². The minimum atomic E-state index is -0.760. The number of morpholine rings is 1. The predicted molar refractivity (Wildman–Crippen MR) is 245 cm³/mol. The quantitative estimate of drug-likeness (QED) is 0.207. The van der Waals surface area contributed by atoms with Gasteiger partial charge in [-0.05, 0) is 69.0 Å². The van der Waals surface area contributed by atoms with Gasteiger partial charge in [-0.2, -0.15) is 0 Å². The summed E-state index contributed by atoms with van der Waals surface area (Å²) in [5.74, 6) is 0.0243. The first kappa shape index (κ1) is 42.6. The van der Waals surface area contributed by atoms with E-state index in [1.54, 1.807) is 24.3 Å². The number of aromatic hydroxyl groups is 1. The number of amides is 4. The Balaban J connectivity index is 0.731. The van der Waals surface area contributed by atoms with Crippen LogP contribution in [-0.4, -0.2) is 139 Å². The first-order valence-corrected chi connectivity index (χ1v) is 22.9. The van der Waals surface area contributed by atoms with E-state index in [1.807, 2.05) is 42.0 Å². The number of nitrogens with one attached hydrogen (secondary N) is 1. The molecule has 342 valence electrons. The van der Waals surface area contributed by atoms with Crippen molar-refractivity contribution in [3.63, 3.8) is 0 Å². The first-order valence-electron chi connectivity index (χ1n) is 22.9. The Morgan fingerprint density at radius 1 is 0.908 bits per heavy atom. The number of anilines is 5. The van der Waals surface area contributed by atoms with Crippen LogP contribution in [-0.2, 0) is 20.7 Å². The average molecular weight is 889 g/mol. The number of piperidine rings is 3. The minimum Gasteiger partial charge on any atom is -0.507 e. The molecule has 4 N–H and O–H groups in total. The Hall–Kier alpha value is -6.36. The van der Waals surface area contributed by atoms with Crippen LogP contribution in [0.1, 0.15) is 51.0 Å². The molecule has 16 nitrogen and oxygen atoms in total. The molecule has 17 heteroatoms. The van der Waals surface area contributed by atoms with Crippen molar-refractivity contribution in [1.82, 2.24) is 25.3 Å². The van der Waals surface area contributed by atoms with E-state index in [4.69, 9.17) is 15.2 Å². The van der Waals surface area contributed by atoms with E-state index < -0.39 is 5.54 Å². The number of fused-ring (bicyclic) bond motifs is 5. The third-order valence-electron chi connectivity index (χ3n) is 14.6. The summed E-state index contributed by atoms with van der Waals surface area (Å²) in [6, 6.07) is 20.0. The molecule has 0 radical (unpaired) electrons. The molecule has 2 bridgehead atoms. The van der Waals surface area contributed by atoms with Gasteiger partial charge < -0.3 is 49.7 Å². The average Bonchev–Trinajstić information content (AvgIpc) is 3.55. The van der Waals surface area contributed by atoms with E-state index >= 15 is 4.39 Å². The summed E-state index contributed by atoms with van der Waals surface area (Å²) in [6.45, 7) is 7.52. The zero-order chi connectivity index (χ0) is 45.0. The Morgan fingerprint density at radius 2 is 1.69 bits per heavy atom. The first-order chi connectivity index (χ1) is 31.4. The number of halogens is 1. The number of urea groups is 1. The summed E-state index contributed by atoms with van der Waals surface area (Å²) in [5.41, 5.74) is 11.6. The third-order valence-corrected chi connectivity index (χ3v) is 14.6. The molecule has 11 rings (SSSR count). The number of hydrogen-bond acceptors (Lipinski definition) is 13. The monoisotopic (exact) mass is 888 g/mol. The zero-order valence-corrected chi connectivity index (χ0v) is 37.0. The van der Waals surface area contributed by atoms with Gasteiger partial charge in [-0.15, -0.1) is 10.2 Å². The second-order valence-electron chi connectivity index (χ2n) is 18.6. The lowest BCUT2D eigenvalue weighted by Crippen LogP contribution is -2.61. The normalized spacial score (nSPS) is 24.0. The Bertz CT molecular complexity index is 2480. The summed E-state index contributed by atoms with van der Waals surface area (Å²) in [6.07, 6.45) is 4.29. The lowest BCUT2D eigenvalue weighted by molar-refractivity contribution is -0.137. The number of aromatic nitrogens is 2. The number of para-hydroxylation sites is 1. The highest BCUT2D eigenvalue weighted by Gasteiger charge is 2.46. The molecule has 4 aromatic rings. The van der Waals surface area contributed by atoms with Crippen LogP contribution in [0.15, 0.2) is 66.7 Å². The van der Waals surface area contributed by atoms with Crippen LogP contribution < -0.4 is 35.4 Å². The zero-order valence-electron chi connectivity index (χ0n) is 37.0. The number of nitrogen functional groups attached to an aromatic ring is 1. The number of nitrogens with two attached hydrogens (primary N) is 1. The van der Waals surface area contributed by atoms with Crippen molar-refractivity contribution in [1.29, 1.82) is 0 Å². The molecule has 0 aliphatic carbocycles. The maximum Gasteiger partial charge on any atom is 0.319 e. The smallest absolute Gasteiger partial charge is 0.319 e. The van der Waals surface area contributed by atoms with Crippen LogP contribution in [0.5, 0.6) is 11.5 Å². The van der Waals surface area contributed by atoms with Crippen molar-refractivity contribution >= 4 is 46.4 Å². The number of phenols is 1. The number of rotatable bonds is 8. The number of ether oxygens (including phenoxy) is 2. The van der Waals surface area contributed by atoms with Crippen molar-refractivity contribution in [2.24, 2.45) is 0 Å². The van der Waals surface area contributed by atoms with Gasteiger partial charge in [0.25, 0.3) is 5.91 Å². The highest BCUT2D eigenvalue weighted by atomic mass is 19.1. The van der Waals surface area contributed by atoms with Gasteiger partial charge >= 0.3 is 6.03 Å². The molecule has 1 aromatic heterocycles. The molecule has 3 atom stereocenters. The summed E-state index contributed by atoms with van der Waals surface area (Å²) >= 11 is 0. The molecule has 65 heavy (non-hydrogen) atoms. The lowest BCUT2D eigenvalue weighted by atomic mass is 9.89. The van der Waals surface area contributed by atoms with Gasteiger partial charge in [-0.25, -0.2) is 9.18 Å². The van der Waals surface area contributed by atoms with Crippen LogP contribution in [0, 0.1) is 5.82 Å². The summed E-state index contributed by atoms with van der Waals surface area (Å²) in [4.78, 5) is 51.5. The van der Waals surface area contributed by atoms with Gasteiger partial charge in [0.15, 0.2) is 5.82 Å². The number of imide groups is 1. The van der Waals surface area contributed by atoms with E-state index in [9.17, 15) is 19.5 Å². The second kappa shape index (κ2) is 17.2. The number of phenolic OH excluding ortho intramolecular Hbond substituents is 1. The molecule has 7 aliphatic heterocycles. The Morgan fingerprint density at radius 3 is 2.48 bits per heavy atom. The van der Waals surface area contributed by atoms with Crippen molar-refractivity contribution < 1.29 is 33.4 Å². The number of benzene rings is 3. The van der Waals surface area contributed by atoms with Gasteiger partial charge in [0.2, 0.25) is 5.91 Å². The fourth-order valence-corrected chi connectivity index (χ4v) is 10.9. The van der Waals surface area contributed by atoms with Gasteiger partial charge in [-0.1, -0.05) is 18.2 Å². The van der Waals surface area contributed by atoms with Gasteiger partial charge in [0.05, 0.1) is 30.1 Å². The molecule has 0 spiro atoms. The van der Waals surface area contributed by atoms with Crippen molar-refractivity contribution in [2.45, 2.75) is 81.7 Å². The van der Waals surface area contributed by atoms with Crippen LogP contribution in [0.4, 0.5) is 37.8 Å². The van der Waals surface area contributed by atoms with Crippen LogP contribution in [0.2, 0.25) is 0 Å². The van der Waals surface area contributed by atoms with Crippen molar-refractivity contribution in [3.05, 3.63) is 78.1 Å². The minimum absolute atomic E-state index is 0.0230. The number of hydrogen-bond donors (Lipinski definition) is 3. The standard InChI is InChI=1S/C48H57FN10O6/c1-48(16-10-44(61)51-46(48)62)59-21-15-38-40(7-5-8-41(38)59)55-17-11-31(12-18-55)54(2)47(63)56-19-13-34(14-20-56)65-35-23-30(49)22-32(24-35)58-28-36-27-57(26-33(58)29-64-36)42-25-39(52-53-45(42)50)37-6-3-4-9-43(37)60/h3-9,22-25,31,33-34,36,60H,10-21,26-29H2,1-2H3,(H2,50,53)(H,51,61,62)/t33-,36?,48-/m0/s1. The fraction of sp³-hybridized carbons (Fsp3) is 0.479. The number of carbonyl (C=O) groups excluding carboxylic acids is 3. The summed E-state index contributed by atoms with van der Waals surface area (Å²) < 4.78 is 28.0. The topological polar surface area (TPSA) is 173 Å².